The fourth-order valence-electron chi connectivity index (χ4n) is 2.79. The van der Waals surface area contributed by atoms with Crippen LogP contribution in [0.3, 0.4) is 0 Å². The molecule has 7 heteroatoms. The van der Waals surface area contributed by atoms with Crippen molar-refractivity contribution >= 4 is 17.5 Å². The number of pyridine rings is 1. The highest BCUT2D eigenvalue weighted by Crippen LogP contribution is 2.27. The first kappa shape index (κ1) is 16.2. The molecule has 0 unspecified atom stereocenters. The van der Waals surface area contributed by atoms with E-state index in [2.05, 4.69) is 9.88 Å². The van der Waals surface area contributed by atoms with E-state index < -0.39 is 4.92 Å². The van der Waals surface area contributed by atoms with Crippen molar-refractivity contribution < 1.29 is 14.5 Å². The van der Waals surface area contributed by atoms with Gasteiger partial charge in [0.05, 0.1) is 11.5 Å². The predicted octanol–water partition coefficient (Wildman–Crippen LogP) is 2.47. The van der Waals surface area contributed by atoms with Gasteiger partial charge in [-0.15, -0.1) is 0 Å². The minimum Gasteiger partial charge on any atom is -0.466 e. The van der Waals surface area contributed by atoms with Gasteiger partial charge in [-0.25, -0.2) is 4.98 Å². The molecule has 1 aliphatic heterocycles. The standard InChI is InChI=1S/C15H21N3O4/c1-3-22-14(19)9-12-4-6-17(7-5-12)15-11(2)8-13(10-16-15)18(20)21/h8,10,12H,3-7,9H2,1-2H3. The lowest BCUT2D eigenvalue weighted by molar-refractivity contribution is -0.385. The summed E-state index contributed by atoms with van der Waals surface area (Å²) in [5.74, 6) is 0.999. The van der Waals surface area contributed by atoms with Crippen LogP contribution < -0.4 is 4.90 Å². The Hall–Kier alpha value is -2.18. The van der Waals surface area contributed by atoms with Gasteiger partial charge in [0.1, 0.15) is 12.0 Å². The minimum atomic E-state index is -0.435. The van der Waals surface area contributed by atoms with Crippen molar-refractivity contribution in [2.24, 2.45) is 5.92 Å². The molecule has 0 bridgehead atoms. The van der Waals surface area contributed by atoms with Crippen LogP contribution in [0.5, 0.6) is 0 Å². The number of aryl methyl sites for hydroxylation is 1. The molecule has 7 nitrogen and oxygen atoms in total. The predicted molar refractivity (Wildman–Crippen MR) is 81.8 cm³/mol. The van der Waals surface area contributed by atoms with Crippen molar-refractivity contribution in [3.63, 3.8) is 0 Å². The zero-order chi connectivity index (χ0) is 16.1. The lowest BCUT2D eigenvalue weighted by Crippen LogP contribution is -2.35. The SMILES string of the molecule is CCOC(=O)CC1CCN(c2ncc([N+](=O)[O-])cc2C)CC1. The Labute approximate surface area is 129 Å². The molecule has 0 radical (unpaired) electrons. The Morgan fingerprint density at radius 1 is 1.50 bits per heavy atom. The zero-order valence-corrected chi connectivity index (χ0v) is 12.9. The molecule has 1 fully saturated rings. The van der Waals surface area contributed by atoms with E-state index in [-0.39, 0.29) is 11.7 Å². The molecule has 1 aromatic heterocycles. The van der Waals surface area contributed by atoms with Gasteiger partial charge in [-0.2, -0.15) is 0 Å². The normalized spacial score (nSPS) is 15.6. The third-order valence-corrected chi connectivity index (χ3v) is 3.92. The maximum Gasteiger partial charge on any atom is 0.306 e. The molecule has 120 valence electrons. The number of ether oxygens (including phenoxy) is 1. The second kappa shape index (κ2) is 7.20. The maximum atomic E-state index is 11.5. The summed E-state index contributed by atoms with van der Waals surface area (Å²) in [6.45, 7) is 5.67. The van der Waals surface area contributed by atoms with Gasteiger partial charge in [0.15, 0.2) is 0 Å². The highest BCUT2D eigenvalue weighted by atomic mass is 16.6. The summed E-state index contributed by atoms with van der Waals surface area (Å²) in [6.07, 6.45) is 3.56. The summed E-state index contributed by atoms with van der Waals surface area (Å²) >= 11 is 0. The number of carbonyl (C=O) groups excluding carboxylic acids is 1. The average Bonchev–Trinajstić information content (AvgIpc) is 2.48. The van der Waals surface area contributed by atoms with Crippen LogP contribution in [0.1, 0.15) is 31.7 Å². The van der Waals surface area contributed by atoms with Crippen molar-refractivity contribution in [1.29, 1.82) is 0 Å². The molecular weight excluding hydrogens is 286 g/mol. The van der Waals surface area contributed by atoms with Crippen LogP contribution in [-0.2, 0) is 9.53 Å². The van der Waals surface area contributed by atoms with E-state index in [1.165, 1.54) is 6.20 Å². The Balaban J connectivity index is 1.94. The molecule has 0 saturated carbocycles. The summed E-state index contributed by atoms with van der Waals surface area (Å²) in [4.78, 5) is 28.2. The molecule has 0 N–H and O–H groups in total. The maximum absolute atomic E-state index is 11.5. The molecule has 0 spiro atoms. The van der Waals surface area contributed by atoms with E-state index >= 15 is 0 Å². The first-order valence-corrected chi connectivity index (χ1v) is 7.52. The molecule has 2 rings (SSSR count). The molecule has 0 aliphatic carbocycles. The van der Waals surface area contributed by atoms with Crippen LogP contribution >= 0.6 is 0 Å². The third-order valence-electron chi connectivity index (χ3n) is 3.92. The topological polar surface area (TPSA) is 85.6 Å². The molecule has 1 aromatic rings. The van der Waals surface area contributed by atoms with Crippen LogP contribution in [0, 0.1) is 23.0 Å². The molecule has 0 atom stereocenters. The van der Waals surface area contributed by atoms with E-state index in [0.29, 0.717) is 18.9 Å². The number of esters is 1. The number of hydrogen-bond donors (Lipinski definition) is 0. The number of aromatic nitrogens is 1. The van der Waals surface area contributed by atoms with Gasteiger partial charge in [-0.05, 0) is 38.2 Å². The fraction of sp³-hybridized carbons (Fsp3) is 0.600. The van der Waals surface area contributed by atoms with E-state index in [1.54, 1.807) is 6.07 Å². The number of carbonyl (C=O) groups is 1. The molecule has 0 aromatic carbocycles. The van der Waals surface area contributed by atoms with Crippen molar-refractivity contribution in [3.8, 4) is 0 Å². The summed E-state index contributed by atoms with van der Waals surface area (Å²) in [7, 11) is 0. The number of nitrogens with zero attached hydrogens (tertiary/aromatic N) is 3. The van der Waals surface area contributed by atoms with E-state index in [0.717, 1.165) is 37.3 Å². The van der Waals surface area contributed by atoms with Gasteiger partial charge in [0.2, 0.25) is 0 Å². The summed E-state index contributed by atoms with van der Waals surface area (Å²) in [5, 5.41) is 10.7. The summed E-state index contributed by atoms with van der Waals surface area (Å²) in [6, 6.07) is 1.55. The fourth-order valence-corrected chi connectivity index (χ4v) is 2.79. The first-order chi connectivity index (χ1) is 10.5. The van der Waals surface area contributed by atoms with Crippen LogP contribution in [0.4, 0.5) is 11.5 Å². The van der Waals surface area contributed by atoms with Gasteiger partial charge >= 0.3 is 5.97 Å². The van der Waals surface area contributed by atoms with Crippen LogP contribution in [0.15, 0.2) is 12.3 Å². The molecule has 2 heterocycles. The lowest BCUT2D eigenvalue weighted by Gasteiger charge is -2.33. The smallest absolute Gasteiger partial charge is 0.306 e. The van der Waals surface area contributed by atoms with E-state index in [9.17, 15) is 14.9 Å². The van der Waals surface area contributed by atoms with Crippen molar-refractivity contribution in [3.05, 3.63) is 27.9 Å². The molecular formula is C15H21N3O4. The van der Waals surface area contributed by atoms with Crippen molar-refractivity contribution in [1.82, 2.24) is 4.98 Å². The molecule has 22 heavy (non-hydrogen) atoms. The summed E-state index contributed by atoms with van der Waals surface area (Å²) < 4.78 is 4.98. The van der Waals surface area contributed by atoms with Gasteiger partial charge in [-0.1, -0.05) is 0 Å². The number of piperidine rings is 1. The monoisotopic (exact) mass is 307 g/mol. The Kier molecular flexibility index (Phi) is 5.30. The molecule has 0 amide bonds. The van der Waals surface area contributed by atoms with Crippen LogP contribution in [0.25, 0.3) is 0 Å². The largest absolute Gasteiger partial charge is 0.466 e. The number of rotatable bonds is 5. The Bertz CT molecular complexity index is 554. The van der Waals surface area contributed by atoms with Gasteiger partial charge in [0, 0.05) is 25.6 Å². The number of nitro groups is 1. The highest BCUT2D eigenvalue weighted by molar-refractivity contribution is 5.69. The highest BCUT2D eigenvalue weighted by Gasteiger charge is 2.24. The second-order valence-electron chi connectivity index (χ2n) is 5.53. The lowest BCUT2D eigenvalue weighted by atomic mass is 9.93. The second-order valence-corrected chi connectivity index (χ2v) is 5.53. The first-order valence-electron chi connectivity index (χ1n) is 7.52. The quantitative estimate of drug-likeness (QED) is 0.472. The third kappa shape index (κ3) is 3.93. The van der Waals surface area contributed by atoms with Gasteiger partial charge in [-0.3, -0.25) is 14.9 Å². The molecule has 1 saturated heterocycles. The van der Waals surface area contributed by atoms with Crippen molar-refractivity contribution in [2.45, 2.75) is 33.1 Å². The number of hydrogen-bond acceptors (Lipinski definition) is 6. The van der Waals surface area contributed by atoms with Crippen LogP contribution in [0.2, 0.25) is 0 Å². The Morgan fingerprint density at radius 2 is 2.18 bits per heavy atom. The zero-order valence-electron chi connectivity index (χ0n) is 12.9. The molecule has 1 aliphatic rings. The summed E-state index contributed by atoms with van der Waals surface area (Å²) in [5.41, 5.74) is 0.816. The van der Waals surface area contributed by atoms with E-state index in [4.69, 9.17) is 4.74 Å². The van der Waals surface area contributed by atoms with Gasteiger partial charge < -0.3 is 9.64 Å². The Morgan fingerprint density at radius 3 is 2.73 bits per heavy atom. The van der Waals surface area contributed by atoms with E-state index in [1.807, 2.05) is 13.8 Å². The van der Waals surface area contributed by atoms with Crippen LogP contribution in [-0.4, -0.2) is 35.6 Å². The number of anilines is 1. The minimum absolute atomic E-state index is 0.0125. The van der Waals surface area contributed by atoms with Gasteiger partial charge in [0.25, 0.3) is 5.69 Å². The average molecular weight is 307 g/mol. The van der Waals surface area contributed by atoms with Crippen molar-refractivity contribution in [2.75, 3.05) is 24.6 Å².